The van der Waals surface area contributed by atoms with Crippen LogP contribution in [0.1, 0.15) is 12.5 Å². The average molecular weight is 370 g/mol. The van der Waals surface area contributed by atoms with Crippen molar-refractivity contribution in [1.82, 2.24) is 15.0 Å². The smallest absolute Gasteiger partial charge is 0.219 e. The van der Waals surface area contributed by atoms with Crippen molar-refractivity contribution in [3.05, 3.63) is 60.6 Å². The Kier molecular flexibility index (Phi) is 4.97. The molecule has 0 saturated carbocycles. The van der Waals surface area contributed by atoms with Crippen LogP contribution < -0.4 is 5.73 Å². The maximum atomic E-state index is 12.8. The Morgan fingerprint density at radius 2 is 1.77 bits per heavy atom. The monoisotopic (exact) mass is 370 g/mol. The number of pyridine rings is 1. The molecule has 0 radical (unpaired) electrons. The Hall–Kier alpha value is -2.84. The maximum absolute atomic E-state index is 12.8. The summed E-state index contributed by atoms with van der Waals surface area (Å²) < 4.78 is 25.6. The Morgan fingerprint density at radius 3 is 2.38 bits per heavy atom. The van der Waals surface area contributed by atoms with Crippen LogP contribution in [0.25, 0.3) is 11.3 Å². The fraction of sp³-hybridized carbons (Fsp3) is 0.167. The first-order chi connectivity index (χ1) is 12.4. The van der Waals surface area contributed by atoms with E-state index in [1.165, 1.54) is 30.7 Å². The van der Waals surface area contributed by atoms with Gasteiger partial charge in [-0.3, -0.25) is 4.98 Å². The first-order valence-corrected chi connectivity index (χ1v) is 9.40. The van der Waals surface area contributed by atoms with Crippen LogP contribution in [0, 0.1) is 0 Å². The van der Waals surface area contributed by atoms with Crippen LogP contribution in [0.4, 0.5) is 5.95 Å². The van der Waals surface area contributed by atoms with Gasteiger partial charge in [0.25, 0.3) is 0 Å². The van der Waals surface area contributed by atoms with Crippen molar-refractivity contribution in [2.24, 2.45) is 0 Å². The number of aliphatic hydroxyl groups excluding tert-OH is 1. The summed E-state index contributed by atoms with van der Waals surface area (Å²) in [5, 5.41) is 9.49. The molecule has 2 heterocycles. The molecule has 26 heavy (non-hydrogen) atoms. The second-order valence-corrected chi connectivity index (χ2v) is 7.86. The molecule has 1 atom stereocenters. The van der Waals surface area contributed by atoms with Crippen molar-refractivity contribution in [1.29, 1.82) is 0 Å². The molecule has 3 rings (SSSR count). The number of nitrogens with zero attached hydrogens (tertiary/aromatic N) is 3. The lowest BCUT2D eigenvalue weighted by Gasteiger charge is -2.09. The number of rotatable bonds is 5. The fourth-order valence-electron chi connectivity index (χ4n) is 2.50. The number of aromatic nitrogens is 3. The molecule has 0 spiro atoms. The highest BCUT2D eigenvalue weighted by Gasteiger charge is 2.19. The van der Waals surface area contributed by atoms with Gasteiger partial charge in [0, 0.05) is 24.2 Å². The van der Waals surface area contributed by atoms with E-state index in [-0.39, 0.29) is 15.7 Å². The summed E-state index contributed by atoms with van der Waals surface area (Å²) in [5.74, 6) is 0.157. The zero-order valence-corrected chi connectivity index (χ0v) is 14.9. The molecular formula is C18H18N4O3S. The third-order valence-corrected chi connectivity index (χ3v) is 5.49. The normalized spacial score (nSPS) is 12.7. The van der Waals surface area contributed by atoms with E-state index in [0.717, 1.165) is 5.56 Å². The SMILES string of the molecule is CC(O)Cc1cccc(S(=O)(=O)c2ccc(-c3cnc(N)nc3)nc2)c1. The number of benzene rings is 1. The topological polar surface area (TPSA) is 119 Å². The predicted molar refractivity (Wildman–Crippen MR) is 97.0 cm³/mol. The van der Waals surface area contributed by atoms with Crippen LogP contribution >= 0.6 is 0 Å². The van der Waals surface area contributed by atoms with Gasteiger partial charge in [0.2, 0.25) is 15.8 Å². The average Bonchev–Trinajstić information content (AvgIpc) is 2.62. The molecule has 8 heteroatoms. The molecule has 3 N–H and O–H groups in total. The molecule has 2 aromatic heterocycles. The Labute approximate surface area is 151 Å². The van der Waals surface area contributed by atoms with E-state index in [0.29, 0.717) is 17.7 Å². The Balaban J connectivity index is 1.91. The van der Waals surface area contributed by atoms with Crippen molar-refractivity contribution in [2.45, 2.75) is 29.2 Å². The molecule has 0 bridgehead atoms. The summed E-state index contributed by atoms with van der Waals surface area (Å²) in [6.45, 7) is 1.66. The molecule has 0 aliphatic carbocycles. The molecule has 3 aromatic rings. The minimum absolute atomic E-state index is 0.0896. The van der Waals surface area contributed by atoms with E-state index in [1.54, 1.807) is 31.2 Å². The van der Waals surface area contributed by atoms with Crippen LogP contribution in [0.2, 0.25) is 0 Å². The summed E-state index contributed by atoms with van der Waals surface area (Å²) in [6.07, 6.45) is 4.20. The molecule has 1 aromatic carbocycles. The number of sulfone groups is 1. The van der Waals surface area contributed by atoms with E-state index in [9.17, 15) is 13.5 Å². The van der Waals surface area contributed by atoms with E-state index in [2.05, 4.69) is 15.0 Å². The van der Waals surface area contributed by atoms with E-state index in [1.807, 2.05) is 0 Å². The molecule has 0 saturated heterocycles. The van der Waals surface area contributed by atoms with Gasteiger partial charge in [-0.05, 0) is 43.2 Å². The molecule has 134 valence electrons. The fourth-order valence-corrected chi connectivity index (χ4v) is 3.77. The molecular weight excluding hydrogens is 352 g/mol. The van der Waals surface area contributed by atoms with E-state index in [4.69, 9.17) is 5.73 Å². The minimum Gasteiger partial charge on any atom is -0.393 e. The van der Waals surface area contributed by atoms with Gasteiger partial charge in [-0.25, -0.2) is 18.4 Å². The number of hydrogen-bond donors (Lipinski definition) is 2. The predicted octanol–water partition coefficient (Wildman–Crippen LogP) is 1.88. The number of hydrogen-bond acceptors (Lipinski definition) is 7. The van der Waals surface area contributed by atoms with Gasteiger partial charge in [0.1, 0.15) is 0 Å². The quantitative estimate of drug-likeness (QED) is 0.703. The summed E-state index contributed by atoms with van der Waals surface area (Å²) in [4.78, 5) is 12.2. The summed E-state index contributed by atoms with van der Waals surface area (Å²) in [7, 11) is -3.70. The number of nitrogens with two attached hydrogens (primary N) is 1. The number of nitrogen functional groups attached to an aromatic ring is 1. The second kappa shape index (κ2) is 7.19. The highest BCUT2D eigenvalue weighted by Crippen LogP contribution is 2.23. The van der Waals surface area contributed by atoms with Gasteiger partial charge >= 0.3 is 0 Å². The first-order valence-electron chi connectivity index (χ1n) is 7.92. The zero-order valence-electron chi connectivity index (χ0n) is 14.1. The number of aliphatic hydroxyl groups is 1. The third-order valence-electron chi connectivity index (χ3n) is 3.75. The van der Waals surface area contributed by atoms with Crippen LogP contribution in [0.5, 0.6) is 0 Å². The summed E-state index contributed by atoms with van der Waals surface area (Å²) in [6, 6.07) is 9.65. The molecule has 1 unspecified atom stereocenters. The van der Waals surface area contributed by atoms with Gasteiger partial charge in [-0.15, -0.1) is 0 Å². The lowest BCUT2D eigenvalue weighted by Crippen LogP contribution is -2.07. The van der Waals surface area contributed by atoms with Crippen molar-refractivity contribution in [3.63, 3.8) is 0 Å². The van der Waals surface area contributed by atoms with Gasteiger partial charge < -0.3 is 10.8 Å². The van der Waals surface area contributed by atoms with Gasteiger partial charge in [-0.2, -0.15) is 0 Å². The second-order valence-electron chi connectivity index (χ2n) is 5.91. The number of anilines is 1. The van der Waals surface area contributed by atoms with Crippen LogP contribution in [0.3, 0.4) is 0 Å². The lowest BCUT2D eigenvalue weighted by atomic mass is 10.1. The Bertz CT molecular complexity index is 1000. The van der Waals surface area contributed by atoms with Crippen molar-refractivity contribution >= 4 is 15.8 Å². The molecule has 7 nitrogen and oxygen atoms in total. The standard InChI is InChI=1S/C18H18N4O3S/c1-12(23)7-13-3-2-4-15(8-13)26(24,25)16-5-6-17(20-11-16)14-9-21-18(19)22-10-14/h2-6,8-12,23H,7H2,1H3,(H2,19,21,22). The summed E-state index contributed by atoms with van der Waals surface area (Å²) in [5.41, 5.74) is 7.40. The van der Waals surface area contributed by atoms with Gasteiger partial charge in [0.15, 0.2) is 0 Å². The zero-order chi connectivity index (χ0) is 18.7. The first kappa shape index (κ1) is 18.0. The molecule has 0 fully saturated rings. The van der Waals surface area contributed by atoms with Crippen molar-refractivity contribution < 1.29 is 13.5 Å². The largest absolute Gasteiger partial charge is 0.393 e. The van der Waals surface area contributed by atoms with Gasteiger partial charge in [0.05, 0.1) is 21.6 Å². The van der Waals surface area contributed by atoms with Crippen LogP contribution in [-0.2, 0) is 16.3 Å². The van der Waals surface area contributed by atoms with E-state index < -0.39 is 15.9 Å². The third kappa shape index (κ3) is 3.87. The highest BCUT2D eigenvalue weighted by molar-refractivity contribution is 7.91. The summed E-state index contributed by atoms with van der Waals surface area (Å²) >= 11 is 0. The lowest BCUT2D eigenvalue weighted by molar-refractivity contribution is 0.195. The van der Waals surface area contributed by atoms with Crippen LogP contribution in [-0.4, -0.2) is 34.6 Å². The van der Waals surface area contributed by atoms with Crippen LogP contribution in [0.15, 0.2) is 64.8 Å². The molecule has 0 aliphatic rings. The van der Waals surface area contributed by atoms with Gasteiger partial charge in [-0.1, -0.05) is 12.1 Å². The van der Waals surface area contributed by atoms with Crippen molar-refractivity contribution in [3.8, 4) is 11.3 Å². The maximum Gasteiger partial charge on any atom is 0.219 e. The molecule has 0 aliphatic heterocycles. The van der Waals surface area contributed by atoms with Crippen molar-refractivity contribution in [2.75, 3.05) is 5.73 Å². The minimum atomic E-state index is -3.70. The highest BCUT2D eigenvalue weighted by atomic mass is 32.2. The Morgan fingerprint density at radius 1 is 1.04 bits per heavy atom. The molecule has 0 amide bonds. The van der Waals surface area contributed by atoms with E-state index >= 15 is 0 Å².